The van der Waals surface area contributed by atoms with Gasteiger partial charge in [0.1, 0.15) is 6.04 Å². The van der Waals surface area contributed by atoms with E-state index >= 15 is 0 Å². The molecule has 2 amide bonds. The lowest BCUT2D eigenvalue weighted by Crippen LogP contribution is -2.54. The predicted octanol–water partition coefficient (Wildman–Crippen LogP) is 6.17. The minimum atomic E-state index is -3.58. The van der Waals surface area contributed by atoms with Crippen LogP contribution in [-0.2, 0) is 32.6 Å². The highest BCUT2D eigenvalue weighted by Gasteiger charge is 2.32. The Bertz CT molecular complexity index is 1470. The van der Waals surface area contributed by atoms with Crippen LogP contribution in [0.1, 0.15) is 55.9 Å². The zero-order chi connectivity index (χ0) is 31.1. The van der Waals surface area contributed by atoms with Crippen LogP contribution in [0.5, 0.6) is 0 Å². The van der Waals surface area contributed by atoms with Crippen molar-refractivity contribution in [2.24, 2.45) is 0 Å². The number of nitrogens with one attached hydrogen (secondary N) is 1. The van der Waals surface area contributed by atoms with Gasteiger partial charge in [0.25, 0.3) is 0 Å². The third kappa shape index (κ3) is 9.98. The molecule has 0 heterocycles. The number of nitrogens with zero attached hydrogens (tertiary/aromatic N) is 2. The molecule has 3 rings (SSSR count). The minimum Gasteiger partial charge on any atom is -0.350 e. The van der Waals surface area contributed by atoms with E-state index in [-0.39, 0.29) is 31.3 Å². The number of hydrogen-bond donors (Lipinski definition) is 1. The van der Waals surface area contributed by atoms with Gasteiger partial charge in [-0.15, -0.1) is 0 Å². The third-order valence-corrected chi connectivity index (χ3v) is 8.53. The number of aryl methyl sites for hydroxylation is 2. The highest BCUT2D eigenvalue weighted by Crippen LogP contribution is 2.25. The number of carbonyl (C=O) groups is 2. The highest BCUT2D eigenvalue weighted by molar-refractivity contribution is 9.10. The quantitative estimate of drug-likeness (QED) is 0.253. The van der Waals surface area contributed by atoms with Gasteiger partial charge in [-0.05, 0) is 81.5 Å². The van der Waals surface area contributed by atoms with Crippen molar-refractivity contribution in [2.45, 2.75) is 72.0 Å². The van der Waals surface area contributed by atoms with E-state index in [1.54, 1.807) is 4.90 Å². The van der Waals surface area contributed by atoms with Crippen LogP contribution in [0, 0.1) is 13.8 Å². The van der Waals surface area contributed by atoms with Gasteiger partial charge in [0.05, 0.1) is 11.9 Å². The molecular weight excluding hydrogens is 614 g/mol. The summed E-state index contributed by atoms with van der Waals surface area (Å²) < 4.78 is 27.9. The van der Waals surface area contributed by atoms with Crippen molar-refractivity contribution in [2.75, 3.05) is 17.1 Å². The predicted molar refractivity (Wildman–Crippen MR) is 174 cm³/mol. The molecule has 0 radical (unpaired) electrons. The van der Waals surface area contributed by atoms with Crippen molar-refractivity contribution in [1.82, 2.24) is 10.2 Å². The summed E-state index contributed by atoms with van der Waals surface area (Å²) in [5.74, 6) is -0.442. The Balaban J connectivity index is 1.92. The molecule has 3 aromatic rings. The first-order valence-electron chi connectivity index (χ1n) is 14.1. The van der Waals surface area contributed by atoms with Gasteiger partial charge in [-0.25, -0.2) is 8.42 Å². The van der Waals surface area contributed by atoms with Crippen LogP contribution in [-0.4, -0.2) is 49.5 Å². The van der Waals surface area contributed by atoms with E-state index in [9.17, 15) is 18.0 Å². The second kappa shape index (κ2) is 14.3. The largest absolute Gasteiger partial charge is 0.350 e. The third-order valence-electron chi connectivity index (χ3n) is 6.82. The number of halogens is 1. The zero-order valence-corrected chi connectivity index (χ0v) is 27.8. The van der Waals surface area contributed by atoms with Crippen LogP contribution in [0.4, 0.5) is 5.69 Å². The monoisotopic (exact) mass is 655 g/mol. The molecule has 3 aromatic carbocycles. The van der Waals surface area contributed by atoms with Gasteiger partial charge in [0.15, 0.2) is 0 Å². The molecule has 0 aromatic heterocycles. The molecule has 0 bridgehead atoms. The Morgan fingerprint density at radius 3 is 2.17 bits per heavy atom. The maximum Gasteiger partial charge on any atom is 0.243 e. The summed E-state index contributed by atoms with van der Waals surface area (Å²) in [5.41, 5.74) is 3.76. The van der Waals surface area contributed by atoms with Crippen LogP contribution in [0.15, 0.2) is 77.3 Å². The number of carbonyl (C=O) groups excluding carboxylic acids is 2. The fourth-order valence-corrected chi connectivity index (χ4v) is 6.04. The lowest BCUT2D eigenvalue weighted by atomic mass is 10.00. The first kappa shape index (κ1) is 33.3. The lowest BCUT2D eigenvalue weighted by Gasteiger charge is -2.34. The Hall–Kier alpha value is -3.17. The molecule has 0 aliphatic heterocycles. The Morgan fingerprint density at radius 1 is 0.929 bits per heavy atom. The lowest BCUT2D eigenvalue weighted by molar-refractivity contribution is -0.142. The van der Waals surface area contributed by atoms with Gasteiger partial charge in [-0.3, -0.25) is 13.9 Å². The molecule has 7 nitrogen and oxygen atoms in total. The Morgan fingerprint density at radius 2 is 1.57 bits per heavy atom. The summed E-state index contributed by atoms with van der Waals surface area (Å²) in [6.45, 7) is 9.93. The Kier molecular flexibility index (Phi) is 11.4. The summed E-state index contributed by atoms with van der Waals surface area (Å²) >= 11 is 3.46. The molecule has 0 spiro atoms. The van der Waals surface area contributed by atoms with Crippen molar-refractivity contribution in [3.63, 3.8) is 0 Å². The molecule has 42 heavy (non-hydrogen) atoms. The van der Waals surface area contributed by atoms with Gasteiger partial charge in [0.2, 0.25) is 21.8 Å². The maximum absolute atomic E-state index is 14.0. The summed E-state index contributed by atoms with van der Waals surface area (Å²) in [6.07, 6.45) is 1.92. The summed E-state index contributed by atoms with van der Waals surface area (Å²) in [4.78, 5) is 29.3. The summed E-state index contributed by atoms with van der Waals surface area (Å²) in [6, 6.07) is 22.3. The van der Waals surface area contributed by atoms with E-state index in [1.807, 2.05) is 107 Å². The second-order valence-electron chi connectivity index (χ2n) is 11.8. The van der Waals surface area contributed by atoms with Crippen LogP contribution in [0.2, 0.25) is 0 Å². The van der Waals surface area contributed by atoms with Crippen LogP contribution < -0.4 is 9.62 Å². The number of benzene rings is 3. The average Bonchev–Trinajstić information content (AvgIpc) is 2.90. The van der Waals surface area contributed by atoms with Crippen molar-refractivity contribution in [1.29, 1.82) is 0 Å². The highest BCUT2D eigenvalue weighted by atomic mass is 79.9. The van der Waals surface area contributed by atoms with Gasteiger partial charge in [-0.2, -0.15) is 0 Å². The zero-order valence-electron chi connectivity index (χ0n) is 25.4. The molecule has 0 saturated heterocycles. The maximum atomic E-state index is 14.0. The van der Waals surface area contributed by atoms with Crippen LogP contribution in [0.25, 0.3) is 0 Å². The van der Waals surface area contributed by atoms with Crippen LogP contribution in [0.3, 0.4) is 0 Å². The molecule has 0 aliphatic rings. The van der Waals surface area contributed by atoms with E-state index in [0.717, 1.165) is 26.7 Å². The van der Waals surface area contributed by atoms with E-state index < -0.39 is 21.6 Å². The average molecular weight is 657 g/mol. The summed E-state index contributed by atoms with van der Waals surface area (Å²) in [7, 11) is -3.58. The molecule has 1 atom stereocenters. The number of anilines is 1. The van der Waals surface area contributed by atoms with E-state index in [0.29, 0.717) is 18.5 Å². The van der Waals surface area contributed by atoms with Crippen molar-refractivity contribution in [3.8, 4) is 0 Å². The topological polar surface area (TPSA) is 86.8 Å². The van der Waals surface area contributed by atoms with Gasteiger partial charge >= 0.3 is 0 Å². The normalized spacial score (nSPS) is 12.5. The smallest absolute Gasteiger partial charge is 0.243 e. The van der Waals surface area contributed by atoms with Crippen molar-refractivity contribution >= 4 is 43.5 Å². The van der Waals surface area contributed by atoms with E-state index in [4.69, 9.17) is 0 Å². The first-order valence-corrected chi connectivity index (χ1v) is 16.7. The number of sulfonamides is 1. The second-order valence-corrected chi connectivity index (χ2v) is 14.6. The molecular formula is C33H42BrN3O4S. The summed E-state index contributed by atoms with van der Waals surface area (Å²) in [5, 5.41) is 3.07. The molecule has 226 valence electrons. The van der Waals surface area contributed by atoms with E-state index in [1.165, 1.54) is 10.6 Å². The standard InChI is InChI=1S/C33H42BrN3O4S/c1-24-14-15-25(2)29(21-24)37(42(6,40)41)20-10-13-31(38)36(23-27-16-18-28(34)19-17-27)30(32(39)35-33(3,4)5)22-26-11-8-7-9-12-26/h7-9,11-12,14-19,21,30H,10,13,20,22-23H2,1-6H3,(H,35,39). The first-order chi connectivity index (χ1) is 19.6. The molecule has 0 saturated carbocycles. The number of hydrogen-bond acceptors (Lipinski definition) is 4. The fourth-order valence-electron chi connectivity index (χ4n) is 4.76. The molecule has 9 heteroatoms. The molecule has 0 fully saturated rings. The van der Waals surface area contributed by atoms with E-state index in [2.05, 4.69) is 21.2 Å². The molecule has 1 unspecified atom stereocenters. The van der Waals surface area contributed by atoms with Crippen LogP contribution >= 0.6 is 15.9 Å². The SMILES string of the molecule is Cc1ccc(C)c(N(CCCC(=O)N(Cc2ccc(Br)cc2)C(Cc2ccccc2)C(=O)NC(C)(C)C)S(C)(=O)=O)c1. The number of amides is 2. The minimum absolute atomic E-state index is 0.0848. The van der Waals surface area contributed by atoms with Crippen molar-refractivity contribution in [3.05, 3.63) is 99.5 Å². The number of rotatable bonds is 12. The van der Waals surface area contributed by atoms with Crippen molar-refractivity contribution < 1.29 is 18.0 Å². The fraction of sp³-hybridized carbons (Fsp3) is 0.394. The Labute approximate surface area is 259 Å². The van der Waals surface area contributed by atoms with Gasteiger partial charge < -0.3 is 10.2 Å². The molecule has 0 aliphatic carbocycles. The van der Waals surface area contributed by atoms with Gasteiger partial charge in [-0.1, -0.05) is 70.5 Å². The molecule has 1 N–H and O–H groups in total. The van der Waals surface area contributed by atoms with Gasteiger partial charge in [0, 0.05) is 35.9 Å².